The number of nitrogens with one attached hydrogen (secondary N) is 1. The van der Waals surface area contributed by atoms with Crippen LogP contribution in [0.4, 0.5) is 0 Å². The van der Waals surface area contributed by atoms with Gasteiger partial charge in [0, 0.05) is 20.6 Å². The maximum atomic E-state index is 12.4. The Morgan fingerprint density at radius 2 is 2.00 bits per heavy atom. The number of nitrogens with zero attached hydrogens (tertiary/aromatic N) is 2. The molecule has 0 aromatic heterocycles. The van der Waals surface area contributed by atoms with Gasteiger partial charge < -0.3 is 15.1 Å². The van der Waals surface area contributed by atoms with Gasteiger partial charge in [-0.05, 0) is 32.2 Å². The molecule has 1 fully saturated rings. The Morgan fingerprint density at radius 3 is 2.50 bits per heavy atom. The molecule has 1 aliphatic rings. The topological polar surface area (TPSA) is 52.7 Å². The van der Waals surface area contributed by atoms with Crippen molar-refractivity contribution in [3.8, 4) is 0 Å². The molecular weight excluding hydrogens is 230 g/mol. The van der Waals surface area contributed by atoms with Crippen molar-refractivity contribution in [3.05, 3.63) is 0 Å². The Kier molecular flexibility index (Phi) is 5.59. The minimum Gasteiger partial charge on any atom is -0.347 e. The van der Waals surface area contributed by atoms with Gasteiger partial charge in [-0.15, -0.1) is 0 Å². The molecular formula is C13H25N3O2. The van der Waals surface area contributed by atoms with E-state index in [0.29, 0.717) is 12.5 Å². The van der Waals surface area contributed by atoms with Crippen LogP contribution in [0.25, 0.3) is 0 Å². The van der Waals surface area contributed by atoms with Crippen LogP contribution in [0.15, 0.2) is 0 Å². The van der Waals surface area contributed by atoms with Gasteiger partial charge in [0.2, 0.25) is 11.8 Å². The first kappa shape index (κ1) is 15.0. The molecule has 1 rings (SSSR count). The molecule has 1 N–H and O–H groups in total. The maximum absolute atomic E-state index is 12.4. The summed E-state index contributed by atoms with van der Waals surface area (Å²) in [6.45, 7) is 5.64. The van der Waals surface area contributed by atoms with Crippen molar-refractivity contribution in [2.24, 2.45) is 5.92 Å². The lowest BCUT2D eigenvalue weighted by atomic mass is 9.92. The number of likely N-dealkylation sites (N-methyl/N-ethyl adjacent to an activating group) is 2. The highest BCUT2D eigenvalue weighted by Crippen LogP contribution is 2.17. The maximum Gasteiger partial charge on any atom is 0.241 e. The molecule has 18 heavy (non-hydrogen) atoms. The monoisotopic (exact) mass is 255 g/mol. The number of carbonyl (C=O) groups excluding carboxylic acids is 2. The lowest BCUT2D eigenvalue weighted by molar-refractivity contribution is -0.141. The van der Waals surface area contributed by atoms with Crippen LogP contribution >= 0.6 is 0 Å². The van der Waals surface area contributed by atoms with E-state index in [1.165, 1.54) is 4.90 Å². The van der Waals surface area contributed by atoms with E-state index in [-0.39, 0.29) is 24.4 Å². The molecule has 1 heterocycles. The molecule has 0 bridgehead atoms. The largest absolute Gasteiger partial charge is 0.347 e. The van der Waals surface area contributed by atoms with E-state index in [1.54, 1.807) is 19.0 Å². The molecule has 0 spiro atoms. The Hall–Kier alpha value is -1.10. The van der Waals surface area contributed by atoms with Crippen molar-refractivity contribution in [2.75, 3.05) is 33.7 Å². The SMILES string of the molecule is CCN(CC(=O)N(C)C)C(=O)C1NCCCC1C. The number of carbonyl (C=O) groups is 2. The van der Waals surface area contributed by atoms with Gasteiger partial charge in [0.05, 0.1) is 12.6 Å². The fraction of sp³-hybridized carbons (Fsp3) is 0.846. The van der Waals surface area contributed by atoms with E-state index < -0.39 is 0 Å². The van der Waals surface area contributed by atoms with Crippen LogP contribution in [0, 0.1) is 5.92 Å². The Morgan fingerprint density at radius 1 is 1.33 bits per heavy atom. The van der Waals surface area contributed by atoms with Crippen molar-refractivity contribution < 1.29 is 9.59 Å². The molecule has 0 aliphatic carbocycles. The van der Waals surface area contributed by atoms with Crippen molar-refractivity contribution in [1.29, 1.82) is 0 Å². The molecule has 104 valence electrons. The fourth-order valence-corrected chi connectivity index (χ4v) is 2.23. The number of hydrogen-bond acceptors (Lipinski definition) is 3. The summed E-state index contributed by atoms with van der Waals surface area (Å²) >= 11 is 0. The van der Waals surface area contributed by atoms with Crippen LogP contribution in [0.3, 0.4) is 0 Å². The minimum atomic E-state index is -0.131. The number of rotatable bonds is 4. The van der Waals surface area contributed by atoms with Gasteiger partial charge in [0.25, 0.3) is 0 Å². The predicted octanol–water partition coefficient (Wildman–Crippen LogP) is 0.311. The summed E-state index contributed by atoms with van der Waals surface area (Å²) in [4.78, 5) is 27.2. The van der Waals surface area contributed by atoms with Crippen molar-refractivity contribution in [2.45, 2.75) is 32.7 Å². The predicted molar refractivity (Wildman–Crippen MR) is 71.1 cm³/mol. The van der Waals surface area contributed by atoms with E-state index in [9.17, 15) is 9.59 Å². The molecule has 5 nitrogen and oxygen atoms in total. The highest BCUT2D eigenvalue weighted by Gasteiger charge is 2.31. The molecule has 2 unspecified atom stereocenters. The molecule has 0 radical (unpaired) electrons. The summed E-state index contributed by atoms with van der Waals surface area (Å²) in [6, 6.07) is -0.131. The van der Waals surface area contributed by atoms with Crippen LogP contribution < -0.4 is 5.32 Å². The van der Waals surface area contributed by atoms with Gasteiger partial charge in [-0.25, -0.2) is 0 Å². The minimum absolute atomic E-state index is 0.0336. The van der Waals surface area contributed by atoms with Crippen LogP contribution in [0.1, 0.15) is 26.7 Å². The molecule has 1 aliphatic heterocycles. The molecule has 0 saturated carbocycles. The van der Waals surface area contributed by atoms with E-state index in [1.807, 2.05) is 6.92 Å². The molecule has 2 atom stereocenters. The van der Waals surface area contributed by atoms with Crippen LogP contribution in [0.2, 0.25) is 0 Å². The van der Waals surface area contributed by atoms with Crippen LogP contribution in [0.5, 0.6) is 0 Å². The van der Waals surface area contributed by atoms with Gasteiger partial charge in [-0.1, -0.05) is 6.92 Å². The van der Waals surface area contributed by atoms with Crippen molar-refractivity contribution in [3.63, 3.8) is 0 Å². The first-order valence-corrected chi connectivity index (χ1v) is 6.69. The zero-order valence-corrected chi connectivity index (χ0v) is 11.9. The zero-order valence-electron chi connectivity index (χ0n) is 11.9. The van der Waals surface area contributed by atoms with Crippen molar-refractivity contribution >= 4 is 11.8 Å². The standard InChI is InChI=1S/C13H25N3O2/c1-5-16(9-11(17)15(3)4)13(18)12-10(2)7-6-8-14-12/h10,12,14H,5-9H2,1-4H3. The second-order valence-corrected chi connectivity index (χ2v) is 5.19. The van der Waals surface area contributed by atoms with Gasteiger partial charge in [0.1, 0.15) is 0 Å². The quantitative estimate of drug-likeness (QED) is 0.786. The normalized spacial score (nSPS) is 23.6. The third-order valence-electron chi connectivity index (χ3n) is 3.55. The van der Waals surface area contributed by atoms with Crippen molar-refractivity contribution in [1.82, 2.24) is 15.1 Å². The highest BCUT2D eigenvalue weighted by atomic mass is 16.2. The van der Waals surface area contributed by atoms with E-state index in [0.717, 1.165) is 19.4 Å². The summed E-state index contributed by atoms with van der Waals surface area (Å²) in [6.07, 6.45) is 2.19. The molecule has 2 amide bonds. The van der Waals surface area contributed by atoms with Gasteiger partial charge >= 0.3 is 0 Å². The molecule has 0 aromatic carbocycles. The average Bonchev–Trinajstić information content (AvgIpc) is 2.35. The summed E-state index contributed by atoms with van der Waals surface area (Å²) in [7, 11) is 3.42. The average molecular weight is 255 g/mol. The first-order valence-electron chi connectivity index (χ1n) is 6.69. The molecule has 1 saturated heterocycles. The van der Waals surface area contributed by atoms with E-state index in [2.05, 4.69) is 12.2 Å². The van der Waals surface area contributed by atoms with E-state index >= 15 is 0 Å². The molecule has 0 aromatic rings. The van der Waals surface area contributed by atoms with Gasteiger partial charge in [0.15, 0.2) is 0 Å². The number of hydrogen-bond donors (Lipinski definition) is 1. The van der Waals surface area contributed by atoms with Gasteiger partial charge in [-0.3, -0.25) is 9.59 Å². The summed E-state index contributed by atoms with van der Waals surface area (Å²) in [5.74, 6) is 0.364. The lowest BCUT2D eigenvalue weighted by Crippen LogP contribution is -2.53. The lowest BCUT2D eigenvalue weighted by Gasteiger charge is -2.33. The Balaban J connectivity index is 2.63. The Bertz CT molecular complexity index is 305. The fourth-order valence-electron chi connectivity index (χ4n) is 2.23. The second-order valence-electron chi connectivity index (χ2n) is 5.19. The number of amides is 2. The second kappa shape index (κ2) is 6.73. The summed E-state index contributed by atoms with van der Waals surface area (Å²) in [5, 5.41) is 3.27. The Labute approximate surface area is 110 Å². The number of piperidine rings is 1. The van der Waals surface area contributed by atoms with Crippen LogP contribution in [-0.2, 0) is 9.59 Å². The zero-order chi connectivity index (χ0) is 13.7. The first-order chi connectivity index (χ1) is 8.47. The van der Waals surface area contributed by atoms with Crippen LogP contribution in [-0.4, -0.2) is 61.4 Å². The third kappa shape index (κ3) is 3.70. The van der Waals surface area contributed by atoms with Gasteiger partial charge in [-0.2, -0.15) is 0 Å². The smallest absolute Gasteiger partial charge is 0.241 e. The summed E-state index contributed by atoms with van der Waals surface area (Å²) < 4.78 is 0. The summed E-state index contributed by atoms with van der Waals surface area (Å²) in [5.41, 5.74) is 0. The third-order valence-corrected chi connectivity index (χ3v) is 3.55. The van der Waals surface area contributed by atoms with E-state index in [4.69, 9.17) is 0 Å². The highest BCUT2D eigenvalue weighted by molar-refractivity contribution is 5.87. The molecule has 5 heteroatoms.